The standard InChI is InChI=1S/C14H12BrFN2O/c15-10-5-6-11(13(17)7-10)14(19)18-8-9-3-1-2-4-12(9)16/h1-7H,8,17H2,(H,18,19). The first-order valence-corrected chi connectivity index (χ1v) is 6.44. The van der Waals surface area contributed by atoms with Crippen molar-refractivity contribution in [3.63, 3.8) is 0 Å². The van der Waals surface area contributed by atoms with Crippen molar-refractivity contribution >= 4 is 27.5 Å². The van der Waals surface area contributed by atoms with Gasteiger partial charge in [-0.25, -0.2) is 4.39 Å². The molecule has 3 nitrogen and oxygen atoms in total. The number of nitrogen functional groups attached to an aromatic ring is 1. The van der Waals surface area contributed by atoms with Crippen molar-refractivity contribution in [3.8, 4) is 0 Å². The molecule has 2 aromatic rings. The van der Waals surface area contributed by atoms with Gasteiger partial charge in [0.2, 0.25) is 0 Å². The normalized spacial score (nSPS) is 10.2. The first kappa shape index (κ1) is 13.5. The van der Waals surface area contributed by atoms with E-state index in [1.807, 2.05) is 0 Å². The van der Waals surface area contributed by atoms with Crippen molar-refractivity contribution < 1.29 is 9.18 Å². The third kappa shape index (κ3) is 3.32. The second kappa shape index (κ2) is 5.84. The molecule has 0 aliphatic heterocycles. The molecule has 3 N–H and O–H groups in total. The summed E-state index contributed by atoms with van der Waals surface area (Å²) in [5.41, 5.74) is 6.94. The largest absolute Gasteiger partial charge is 0.398 e. The highest BCUT2D eigenvalue weighted by Crippen LogP contribution is 2.18. The number of halogens is 2. The van der Waals surface area contributed by atoms with Gasteiger partial charge in [0.25, 0.3) is 5.91 Å². The number of benzene rings is 2. The van der Waals surface area contributed by atoms with Gasteiger partial charge in [-0.1, -0.05) is 34.1 Å². The van der Waals surface area contributed by atoms with E-state index >= 15 is 0 Å². The van der Waals surface area contributed by atoms with Gasteiger partial charge in [-0.2, -0.15) is 0 Å². The van der Waals surface area contributed by atoms with E-state index in [-0.39, 0.29) is 18.3 Å². The van der Waals surface area contributed by atoms with Crippen LogP contribution in [-0.4, -0.2) is 5.91 Å². The highest BCUT2D eigenvalue weighted by atomic mass is 79.9. The zero-order valence-electron chi connectivity index (χ0n) is 9.99. The number of nitrogens with one attached hydrogen (secondary N) is 1. The number of hydrogen-bond acceptors (Lipinski definition) is 2. The highest BCUT2D eigenvalue weighted by molar-refractivity contribution is 9.10. The molecule has 0 spiro atoms. The van der Waals surface area contributed by atoms with E-state index < -0.39 is 0 Å². The van der Waals surface area contributed by atoms with Crippen molar-refractivity contribution in [2.75, 3.05) is 5.73 Å². The molecule has 1 amide bonds. The second-order valence-corrected chi connectivity index (χ2v) is 4.92. The maximum atomic E-state index is 13.4. The second-order valence-electron chi connectivity index (χ2n) is 4.01. The summed E-state index contributed by atoms with van der Waals surface area (Å²) in [5, 5.41) is 2.64. The first-order valence-electron chi connectivity index (χ1n) is 5.64. The van der Waals surface area contributed by atoms with E-state index in [1.54, 1.807) is 36.4 Å². The van der Waals surface area contributed by atoms with E-state index in [9.17, 15) is 9.18 Å². The third-order valence-electron chi connectivity index (χ3n) is 2.66. The lowest BCUT2D eigenvalue weighted by Crippen LogP contribution is -2.24. The lowest BCUT2D eigenvalue weighted by molar-refractivity contribution is 0.0951. The molecule has 0 saturated carbocycles. The molecule has 5 heteroatoms. The minimum atomic E-state index is -0.341. The number of hydrogen-bond donors (Lipinski definition) is 2. The van der Waals surface area contributed by atoms with Crippen LogP contribution in [0.2, 0.25) is 0 Å². The Labute approximate surface area is 118 Å². The van der Waals surface area contributed by atoms with Gasteiger partial charge in [0, 0.05) is 22.3 Å². The molecule has 98 valence electrons. The van der Waals surface area contributed by atoms with Crippen molar-refractivity contribution in [1.82, 2.24) is 5.32 Å². The predicted octanol–water partition coefficient (Wildman–Crippen LogP) is 3.10. The Bertz CT molecular complexity index is 616. The molecule has 2 rings (SSSR count). The van der Waals surface area contributed by atoms with Gasteiger partial charge in [-0.15, -0.1) is 0 Å². The molecular weight excluding hydrogens is 311 g/mol. The van der Waals surface area contributed by atoms with E-state index in [0.29, 0.717) is 16.8 Å². The van der Waals surface area contributed by atoms with Crippen LogP contribution in [0.3, 0.4) is 0 Å². The van der Waals surface area contributed by atoms with Gasteiger partial charge < -0.3 is 11.1 Å². The summed E-state index contributed by atoms with van der Waals surface area (Å²) in [6.07, 6.45) is 0. The van der Waals surface area contributed by atoms with Crippen molar-refractivity contribution in [2.24, 2.45) is 0 Å². The molecule has 0 aliphatic carbocycles. The third-order valence-corrected chi connectivity index (χ3v) is 3.15. The monoisotopic (exact) mass is 322 g/mol. The maximum absolute atomic E-state index is 13.4. The number of anilines is 1. The Morgan fingerprint density at radius 3 is 2.68 bits per heavy atom. The Morgan fingerprint density at radius 2 is 2.00 bits per heavy atom. The number of carbonyl (C=O) groups is 1. The lowest BCUT2D eigenvalue weighted by atomic mass is 10.1. The molecular formula is C14H12BrFN2O. The molecule has 0 aromatic heterocycles. The summed E-state index contributed by atoms with van der Waals surface area (Å²) in [5.74, 6) is -0.667. The quantitative estimate of drug-likeness (QED) is 0.853. The average molecular weight is 323 g/mol. The topological polar surface area (TPSA) is 55.1 Å². The first-order chi connectivity index (χ1) is 9.08. The summed E-state index contributed by atoms with van der Waals surface area (Å²) in [4.78, 5) is 11.9. The van der Waals surface area contributed by atoms with Crippen LogP contribution < -0.4 is 11.1 Å². The summed E-state index contributed by atoms with van der Waals surface area (Å²) in [6.45, 7) is 0.126. The summed E-state index contributed by atoms with van der Waals surface area (Å²) in [7, 11) is 0. The van der Waals surface area contributed by atoms with Gasteiger partial charge in [-0.05, 0) is 24.3 Å². The van der Waals surface area contributed by atoms with E-state index in [0.717, 1.165) is 4.47 Å². The minimum absolute atomic E-state index is 0.126. The Balaban J connectivity index is 2.08. The average Bonchev–Trinajstić information content (AvgIpc) is 2.37. The summed E-state index contributed by atoms with van der Waals surface area (Å²) in [6, 6.07) is 11.3. The zero-order chi connectivity index (χ0) is 13.8. The van der Waals surface area contributed by atoms with E-state index in [1.165, 1.54) is 6.07 Å². The number of nitrogens with two attached hydrogens (primary N) is 1. The van der Waals surface area contributed by atoms with Crippen LogP contribution in [-0.2, 0) is 6.54 Å². The van der Waals surface area contributed by atoms with Gasteiger partial charge >= 0.3 is 0 Å². The van der Waals surface area contributed by atoms with Crippen LogP contribution in [0.4, 0.5) is 10.1 Å². The molecule has 0 radical (unpaired) electrons. The SMILES string of the molecule is Nc1cc(Br)ccc1C(=O)NCc1ccccc1F. The van der Waals surface area contributed by atoms with Gasteiger partial charge in [-0.3, -0.25) is 4.79 Å². The van der Waals surface area contributed by atoms with Crippen LogP contribution >= 0.6 is 15.9 Å². The van der Waals surface area contributed by atoms with Crippen LogP contribution in [0.1, 0.15) is 15.9 Å². The Kier molecular flexibility index (Phi) is 4.16. The molecule has 2 aromatic carbocycles. The smallest absolute Gasteiger partial charge is 0.253 e. The highest BCUT2D eigenvalue weighted by Gasteiger charge is 2.10. The fourth-order valence-corrected chi connectivity index (χ4v) is 2.03. The Morgan fingerprint density at radius 1 is 1.26 bits per heavy atom. The van der Waals surface area contributed by atoms with Crippen LogP contribution in [0.15, 0.2) is 46.9 Å². The molecule has 0 aliphatic rings. The van der Waals surface area contributed by atoms with E-state index in [2.05, 4.69) is 21.2 Å². The molecule has 0 atom stereocenters. The molecule has 0 heterocycles. The summed E-state index contributed by atoms with van der Waals surface area (Å²) >= 11 is 3.27. The number of rotatable bonds is 3. The Hall–Kier alpha value is -1.88. The van der Waals surface area contributed by atoms with Gasteiger partial charge in [0.1, 0.15) is 5.82 Å². The van der Waals surface area contributed by atoms with Crippen LogP contribution in [0.5, 0.6) is 0 Å². The van der Waals surface area contributed by atoms with Crippen LogP contribution in [0.25, 0.3) is 0 Å². The van der Waals surface area contributed by atoms with Gasteiger partial charge in [0.05, 0.1) is 5.56 Å². The summed E-state index contributed by atoms with van der Waals surface area (Å²) < 4.78 is 14.2. The van der Waals surface area contributed by atoms with Gasteiger partial charge in [0.15, 0.2) is 0 Å². The number of amides is 1. The predicted molar refractivity (Wildman–Crippen MR) is 76.1 cm³/mol. The van der Waals surface area contributed by atoms with E-state index in [4.69, 9.17) is 5.73 Å². The maximum Gasteiger partial charge on any atom is 0.253 e. The van der Waals surface area contributed by atoms with Crippen LogP contribution in [0, 0.1) is 5.82 Å². The molecule has 0 bridgehead atoms. The molecule has 0 unspecified atom stereocenters. The minimum Gasteiger partial charge on any atom is -0.398 e. The lowest BCUT2D eigenvalue weighted by Gasteiger charge is -2.08. The molecule has 0 fully saturated rings. The zero-order valence-corrected chi connectivity index (χ0v) is 11.6. The fraction of sp³-hybridized carbons (Fsp3) is 0.0714. The number of carbonyl (C=O) groups excluding carboxylic acids is 1. The molecule has 0 saturated heterocycles. The van der Waals surface area contributed by atoms with Crippen molar-refractivity contribution in [1.29, 1.82) is 0 Å². The molecule has 19 heavy (non-hydrogen) atoms. The fourth-order valence-electron chi connectivity index (χ4n) is 1.65. The van der Waals surface area contributed by atoms with Crippen molar-refractivity contribution in [3.05, 3.63) is 63.9 Å². The van der Waals surface area contributed by atoms with Crippen molar-refractivity contribution in [2.45, 2.75) is 6.54 Å².